The van der Waals surface area contributed by atoms with Crippen LogP contribution in [0.4, 0.5) is 4.39 Å². The summed E-state index contributed by atoms with van der Waals surface area (Å²) in [7, 11) is 0. The third kappa shape index (κ3) is 2.46. The van der Waals surface area contributed by atoms with Gasteiger partial charge in [-0.05, 0) is 42.2 Å². The Labute approximate surface area is 122 Å². The minimum absolute atomic E-state index is 0.0201. The fraction of sp³-hybridized carbons (Fsp3) is 0.250. The van der Waals surface area contributed by atoms with Crippen molar-refractivity contribution in [3.8, 4) is 0 Å². The molecule has 0 fully saturated rings. The van der Waals surface area contributed by atoms with Gasteiger partial charge in [0, 0.05) is 10.1 Å². The number of rotatable bonds is 3. The topological polar surface area (TPSA) is 38.0 Å². The van der Waals surface area contributed by atoms with Crippen molar-refractivity contribution in [3.05, 3.63) is 65.0 Å². The van der Waals surface area contributed by atoms with E-state index in [9.17, 15) is 4.39 Å². The van der Waals surface area contributed by atoms with E-state index >= 15 is 0 Å². The van der Waals surface area contributed by atoms with E-state index in [0.717, 1.165) is 12.0 Å². The van der Waals surface area contributed by atoms with Crippen LogP contribution < -0.4 is 11.3 Å². The second-order valence-electron chi connectivity index (χ2n) is 5.12. The smallest absolute Gasteiger partial charge is 0.126 e. The van der Waals surface area contributed by atoms with Crippen molar-refractivity contribution in [2.45, 2.75) is 29.5 Å². The molecule has 2 nitrogen and oxygen atoms in total. The molecule has 2 aromatic carbocycles. The van der Waals surface area contributed by atoms with Crippen LogP contribution in [0.15, 0.2) is 47.4 Å². The van der Waals surface area contributed by atoms with Gasteiger partial charge in [-0.3, -0.25) is 11.3 Å². The Morgan fingerprint density at radius 1 is 1.30 bits per heavy atom. The van der Waals surface area contributed by atoms with E-state index in [1.54, 1.807) is 6.92 Å². The molecule has 2 unspecified atom stereocenters. The summed E-state index contributed by atoms with van der Waals surface area (Å²) in [5.74, 6) is 5.58. The fourth-order valence-electron chi connectivity index (χ4n) is 2.67. The molecule has 0 aromatic heterocycles. The van der Waals surface area contributed by atoms with Crippen molar-refractivity contribution < 1.29 is 4.39 Å². The molecule has 3 N–H and O–H groups in total. The Hall–Kier alpha value is -1.36. The molecule has 0 amide bonds. The van der Waals surface area contributed by atoms with Crippen LogP contribution >= 0.6 is 11.8 Å². The number of aryl methyl sites for hydroxylation is 1. The lowest BCUT2D eigenvalue weighted by Crippen LogP contribution is -2.35. The summed E-state index contributed by atoms with van der Waals surface area (Å²) in [6.07, 6.45) is 0.978. The van der Waals surface area contributed by atoms with Crippen LogP contribution in [0.3, 0.4) is 0 Å². The van der Waals surface area contributed by atoms with E-state index in [0.29, 0.717) is 10.8 Å². The molecule has 0 spiro atoms. The third-order valence-electron chi connectivity index (χ3n) is 3.76. The number of hydrazine groups is 1. The Kier molecular flexibility index (Phi) is 3.78. The van der Waals surface area contributed by atoms with Crippen molar-refractivity contribution >= 4 is 11.8 Å². The number of hydrogen-bond donors (Lipinski definition) is 2. The maximum atomic E-state index is 13.4. The molecule has 104 valence electrons. The van der Waals surface area contributed by atoms with E-state index in [1.807, 2.05) is 23.9 Å². The van der Waals surface area contributed by atoms with Crippen LogP contribution in [-0.4, -0.2) is 5.25 Å². The SMILES string of the molecule is Cc1cc(C(NN)C2Cc3ccccc3S2)ccc1F. The number of halogens is 1. The van der Waals surface area contributed by atoms with Gasteiger partial charge in [0.15, 0.2) is 0 Å². The van der Waals surface area contributed by atoms with E-state index in [1.165, 1.54) is 16.5 Å². The molecule has 0 saturated carbocycles. The number of benzene rings is 2. The molecular formula is C16H17FN2S. The monoisotopic (exact) mass is 288 g/mol. The molecule has 1 aliphatic rings. The van der Waals surface area contributed by atoms with E-state index < -0.39 is 0 Å². The highest BCUT2D eigenvalue weighted by Gasteiger charge is 2.29. The molecule has 1 heterocycles. The highest BCUT2D eigenvalue weighted by molar-refractivity contribution is 8.00. The molecule has 20 heavy (non-hydrogen) atoms. The van der Waals surface area contributed by atoms with Gasteiger partial charge >= 0.3 is 0 Å². The largest absolute Gasteiger partial charge is 0.271 e. The highest BCUT2D eigenvalue weighted by Crippen LogP contribution is 2.42. The van der Waals surface area contributed by atoms with Gasteiger partial charge in [-0.25, -0.2) is 4.39 Å². The predicted molar refractivity (Wildman–Crippen MR) is 81.0 cm³/mol. The van der Waals surface area contributed by atoms with Crippen molar-refractivity contribution in [1.82, 2.24) is 5.43 Å². The zero-order chi connectivity index (χ0) is 14.1. The molecule has 2 aromatic rings. The minimum Gasteiger partial charge on any atom is -0.271 e. The van der Waals surface area contributed by atoms with Gasteiger partial charge in [-0.15, -0.1) is 11.8 Å². The second-order valence-corrected chi connectivity index (χ2v) is 6.40. The first kappa shape index (κ1) is 13.6. The van der Waals surface area contributed by atoms with Crippen LogP contribution in [-0.2, 0) is 6.42 Å². The van der Waals surface area contributed by atoms with Crippen LogP contribution in [0.1, 0.15) is 22.7 Å². The molecule has 0 saturated heterocycles. The average molecular weight is 288 g/mol. The van der Waals surface area contributed by atoms with Crippen LogP contribution in [0, 0.1) is 12.7 Å². The van der Waals surface area contributed by atoms with E-state index in [-0.39, 0.29) is 11.9 Å². The van der Waals surface area contributed by atoms with Gasteiger partial charge in [-0.1, -0.05) is 30.3 Å². The highest BCUT2D eigenvalue weighted by atomic mass is 32.2. The summed E-state index contributed by atoms with van der Waals surface area (Å²) < 4.78 is 13.4. The fourth-order valence-corrected chi connectivity index (χ4v) is 4.10. The summed E-state index contributed by atoms with van der Waals surface area (Å²) in [5.41, 5.74) is 5.96. The quantitative estimate of drug-likeness (QED) is 0.672. The molecule has 4 heteroatoms. The molecule has 0 aliphatic carbocycles. The summed E-state index contributed by atoms with van der Waals surface area (Å²) in [4.78, 5) is 1.32. The maximum Gasteiger partial charge on any atom is 0.126 e. The number of hydrogen-bond acceptors (Lipinski definition) is 3. The van der Waals surface area contributed by atoms with Gasteiger partial charge in [0.1, 0.15) is 5.82 Å². The lowest BCUT2D eigenvalue weighted by Gasteiger charge is -2.22. The molecule has 1 aliphatic heterocycles. The minimum atomic E-state index is -0.174. The summed E-state index contributed by atoms with van der Waals surface area (Å²) in [6, 6.07) is 13.7. The lowest BCUT2D eigenvalue weighted by molar-refractivity contribution is 0.530. The van der Waals surface area contributed by atoms with Crippen molar-refractivity contribution in [2.24, 2.45) is 5.84 Å². The average Bonchev–Trinajstić information content (AvgIpc) is 2.87. The van der Waals surface area contributed by atoms with Gasteiger partial charge < -0.3 is 0 Å². The summed E-state index contributed by atoms with van der Waals surface area (Å²) in [6.45, 7) is 1.78. The molecule has 0 bridgehead atoms. The number of nitrogens with one attached hydrogen (secondary N) is 1. The third-order valence-corrected chi connectivity index (χ3v) is 5.16. The van der Waals surface area contributed by atoms with Crippen molar-refractivity contribution in [2.75, 3.05) is 0 Å². The molecule has 3 rings (SSSR count). The van der Waals surface area contributed by atoms with Crippen LogP contribution in [0.2, 0.25) is 0 Å². The number of thioether (sulfide) groups is 1. The second kappa shape index (κ2) is 5.56. The molecule has 0 radical (unpaired) electrons. The van der Waals surface area contributed by atoms with Gasteiger partial charge in [0.05, 0.1) is 6.04 Å². The van der Waals surface area contributed by atoms with Crippen molar-refractivity contribution in [3.63, 3.8) is 0 Å². The number of fused-ring (bicyclic) bond motifs is 1. The van der Waals surface area contributed by atoms with Gasteiger partial charge in [0.2, 0.25) is 0 Å². The maximum absolute atomic E-state index is 13.4. The predicted octanol–water partition coefficient (Wildman–Crippen LogP) is 3.36. The zero-order valence-electron chi connectivity index (χ0n) is 11.3. The standard InChI is InChI=1S/C16H17FN2S/c1-10-8-12(6-7-13(10)17)16(19-18)15-9-11-4-2-3-5-14(11)20-15/h2-8,15-16,19H,9,18H2,1H3. The first-order valence-electron chi connectivity index (χ1n) is 6.66. The normalized spacial score (nSPS) is 18.9. The first-order chi connectivity index (χ1) is 9.69. The van der Waals surface area contributed by atoms with Crippen LogP contribution in [0.25, 0.3) is 0 Å². The lowest BCUT2D eigenvalue weighted by atomic mass is 9.98. The van der Waals surface area contributed by atoms with Gasteiger partial charge in [0.25, 0.3) is 0 Å². The summed E-state index contributed by atoms with van der Waals surface area (Å²) >= 11 is 1.84. The summed E-state index contributed by atoms with van der Waals surface area (Å²) in [5, 5.41) is 0.335. The van der Waals surface area contributed by atoms with Crippen molar-refractivity contribution in [1.29, 1.82) is 0 Å². The first-order valence-corrected chi connectivity index (χ1v) is 7.54. The Morgan fingerprint density at radius 3 is 2.80 bits per heavy atom. The van der Waals surface area contributed by atoms with Crippen LogP contribution in [0.5, 0.6) is 0 Å². The van der Waals surface area contributed by atoms with E-state index in [2.05, 4.69) is 29.7 Å². The van der Waals surface area contributed by atoms with Gasteiger partial charge in [-0.2, -0.15) is 0 Å². The Morgan fingerprint density at radius 2 is 2.10 bits per heavy atom. The molecule has 2 atom stereocenters. The zero-order valence-corrected chi connectivity index (χ0v) is 12.1. The van der Waals surface area contributed by atoms with E-state index in [4.69, 9.17) is 5.84 Å². The molecular weight excluding hydrogens is 271 g/mol. The Balaban J connectivity index is 1.87. The number of nitrogens with two attached hydrogens (primary N) is 1. The Bertz CT molecular complexity index is 605.